The topological polar surface area (TPSA) is 75.3 Å². The Kier molecular flexibility index (Phi) is 5.95. The van der Waals surface area contributed by atoms with E-state index in [1.54, 1.807) is 36.1 Å². The molecule has 6 heteroatoms. The number of fused-ring (bicyclic) bond motifs is 1. The Morgan fingerprint density at radius 3 is 2.29 bits per heavy atom. The highest BCUT2D eigenvalue weighted by molar-refractivity contribution is 6.12. The van der Waals surface area contributed by atoms with E-state index in [0.29, 0.717) is 23.6 Å². The minimum Gasteiger partial charge on any atom is -0.462 e. The van der Waals surface area contributed by atoms with Gasteiger partial charge in [0, 0.05) is 16.8 Å². The summed E-state index contributed by atoms with van der Waals surface area (Å²) in [5.41, 5.74) is 7.61. The molecule has 0 aliphatic carbocycles. The van der Waals surface area contributed by atoms with Crippen LogP contribution in [0.3, 0.4) is 0 Å². The number of aryl methyl sites for hydroxylation is 2. The molecule has 0 radical (unpaired) electrons. The number of benzene rings is 3. The van der Waals surface area contributed by atoms with Crippen molar-refractivity contribution in [3.05, 3.63) is 106 Å². The van der Waals surface area contributed by atoms with E-state index in [-0.39, 0.29) is 17.9 Å². The maximum atomic E-state index is 13.7. The van der Waals surface area contributed by atoms with Gasteiger partial charge in [0.25, 0.3) is 5.91 Å². The number of anilines is 1. The molecule has 0 fully saturated rings. The van der Waals surface area contributed by atoms with Crippen LogP contribution in [-0.4, -0.2) is 28.7 Å². The Bertz CT molecular complexity index is 1370. The van der Waals surface area contributed by atoms with Gasteiger partial charge < -0.3 is 4.74 Å². The molecule has 2 heterocycles. The molecule has 1 aromatic heterocycles. The van der Waals surface area contributed by atoms with Crippen LogP contribution in [0.5, 0.6) is 0 Å². The van der Waals surface area contributed by atoms with Gasteiger partial charge in [0.1, 0.15) is 5.69 Å². The number of aromatic nitrogens is 2. The van der Waals surface area contributed by atoms with Crippen molar-refractivity contribution in [2.45, 2.75) is 33.2 Å². The van der Waals surface area contributed by atoms with Gasteiger partial charge in [-0.15, -0.1) is 0 Å². The molecule has 1 aliphatic rings. The smallest absolute Gasteiger partial charge is 0.338 e. The molecule has 176 valence electrons. The number of rotatable bonds is 6. The van der Waals surface area contributed by atoms with Crippen LogP contribution in [0.4, 0.5) is 5.69 Å². The molecule has 1 aliphatic heterocycles. The van der Waals surface area contributed by atoms with Gasteiger partial charge in [0.2, 0.25) is 0 Å². The van der Waals surface area contributed by atoms with Crippen LogP contribution in [0.1, 0.15) is 63.0 Å². The quantitative estimate of drug-likeness (QED) is 0.361. The van der Waals surface area contributed by atoms with E-state index in [0.717, 1.165) is 34.4 Å². The third kappa shape index (κ3) is 4.01. The van der Waals surface area contributed by atoms with Crippen LogP contribution in [0, 0.1) is 6.92 Å². The average Bonchev–Trinajstić information content (AvgIpc) is 3.44. The van der Waals surface area contributed by atoms with Crippen molar-refractivity contribution >= 4 is 17.6 Å². The van der Waals surface area contributed by atoms with Crippen LogP contribution in [-0.2, 0) is 11.2 Å². The van der Waals surface area contributed by atoms with Crippen LogP contribution in [0.25, 0.3) is 11.3 Å². The van der Waals surface area contributed by atoms with E-state index in [4.69, 9.17) is 4.74 Å². The van der Waals surface area contributed by atoms with Crippen LogP contribution in [0.2, 0.25) is 0 Å². The fourth-order valence-corrected chi connectivity index (χ4v) is 4.57. The summed E-state index contributed by atoms with van der Waals surface area (Å²) in [6.07, 6.45) is 0.939. The third-order valence-electron chi connectivity index (χ3n) is 6.45. The zero-order chi connectivity index (χ0) is 24.5. The summed E-state index contributed by atoms with van der Waals surface area (Å²) in [6, 6.07) is 23.2. The van der Waals surface area contributed by atoms with Crippen LogP contribution in [0.15, 0.2) is 72.8 Å². The Morgan fingerprint density at radius 2 is 1.66 bits per heavy atom. The number of nitrogens with zero attached hydrogens (tertiary/aromatic N) is 2. The van der Waals surface area contributed by atoms with Gasteiger partial charge in [0.15, 0.2) is 0 Å². The van der Waals surface area contributed by atoms with Crippen molar-refractivity contribution in [3.63, 3.8) is 0 Å². The summed E-state index contributed by atoms with van der Waals surface area (Å²) in [4.78, 5) is 27.6. The molecular weight excluding hydrogens is 438 g/mol. The first-order valence-electron chi connectivity index (χ1n) is 11.9. The van der Waals surface area contributed by atoms with E-state index in [1.165, 1.54) is 5.56 Å². The minimum atomic E-state index is -0.380. The molecule has 0 unspecified atom stereocenters. The average molecular weight is 466 g/mol. The van der Waals surface area contributed by atoms with Crippen LogP contribution < -0.4 is 4.90 Å². The first-order chi connectivity index (χ1) is 17.0. The number of aromatic amines is 1. The van der Waals surface area contributed by atoms with Gasteiger partial charge in [-0.25, -0.2) is 4.79 Å². The highest BCUT2D eigenvalue weighted by Gasteiger charge is 2.43. The summed E-state index contributed by atoms with van der Waals surface area (Å²) in [5.74, 6) is -0.533. The molecular formula is C29H27N3O3. The summed E-state index contributed by atoms with van der Waals surface area (Å²) >= 11 is 0. The molecule has 1 N–H and O–H groups in total. The highest BCUT2D eigenvalue weighted by atomic mass is 16.5. The summed E-state index contributed by atoms with van der Waals surface area (Å²) in [7, 11) is 0. The Balaban J connectivity index is 1.62. The van der Waals surface area contributed by atoms with Crippen LogP contribution >= 0.6 is 0 Å². The number of esters is 1. The van der Waals surface area contributed by atoms with Crippen molar-refractivity contribution in [2.75, 3.05) is 11.5 Å². The Morgan fingerprint density at radius 1 is 0.971 bits per heavy atom. The molecule has 4 aromatic rings. The lowest BCUT2D eigenvalue weighted by molar-refractivity contribution is 0.0526. The van der Waals surface area contributed by atoms with Gasteiger partial charge in [-0.1, -0.05) is 61.0 Å². The number of carbonyl (C=O) groups excluding carboxylic acids is 2. The molecule has 3 aromatic carbocycles. The fourth-order valence-electron chi connectivity index (χ4n) is 4.57. The molecule has 0 bridgehead atoms. The predicted octanol–water partition coefficient (Wildman–Crippen LogP) is 5.87. The number of H-pyrrole nitrogens is 1. The second kappa shape index (κ2) is 9.22. The van der Waals surface area contributed by atoms with Gasteiger partial charge in [-0.3, -0.25) is 14.8 Å². The maximum absolute atomic E-state index is 13.7. The second-order valence-corrected chi connectivity index (χ2v) is 8.67. The summed E-state index contributed by atoms with van der Waals surface area (Å²) in [6.45, 7) is 6.25. The van der Waals surface area contributed by atoms with Gasteiger partial charge in [0.05, 0.1) is 23.9 Å². The number of amides is 1. The molecule has 5 rings (SSSR count). The van der Waals surface area contributed by atoms with Gasteiger partial charge >= 0.3 is 5.97 Å². The molecule has 35 heavy (non-hydrogen) atoms. The Hall–Kier alpha value is -4.19. The van der Waals surface area contributed by atoms with Gasteiger partial charge in [-0.2, -0.15) is 5.10 Å². The molecule has 0 spiro atoms. The standard InChI is InChI=1S/C29H27N3O3/c1-4-19-8-12-21(13-9-19)27-24-25(20-10-6-18(3)7-11-20)30-31-26(24)28(33)32(27)23-16-14-22(15-17-23)29(34)35-5-2/h6-17,27H,4-5H2,1-3H3,(H,30,31)/t27-/m1/s1. The van der Waals surface area contributed by atoms with E-state index in [9.17, 15) is 9.59 Å². The monoisotopic (exact) mass is 465 g/mol. The normalized spacial score (nSPS) is 14.8. The van der Waals surface area contributed by atoms with E-state index >= 15 is 0 Å². The lowest BCUT2D eigenvalue weighted by Crippen LogP contribution is -2.29. The van der Waals surface area contributed by atoms with E-state index < -0.39 is 0 Å². The molecule has 6 nitrogen and oxygen atoms in total. The lowest BCUT2D eigenvalue weighted by atomic mass is 9.94. The minimum absolute atomic E-state index is 0.153. The zero-order valence-corrected chi connectivity index (χ0v) is 20.0. The number of carbonyl (C=O) groups is 2. The van der Waals surface area contributed by atoms with Crippen molar-refractivity contribution in [3.8, 4) is 11.3 Å². The third-order valence-corrected chi connectivity index (χ3v) is 6.45. The fraction of sp³-hybridized carbons (Fsp3) is 0.207. The summed E-state index contributed by atoms with van der Waals surface area (Å²) < 4.78 is 5.11. The molecule has 0 saturated heterocycles. The number of hydrogen-bond donors (Lipinski definition) is 1. The second-order valence-electron chi connectivity index (χ2n) is 8.67. The largest absolute Gasteiger partial charge is 0.462 e. The first-order valence-corrected chi connectivity index (χ1v) is 11.9. The van der Waals surface area contributed by atoms with Crippen molar-refractivity contribution in [1.29, 1.82) is 0 Å². The molecule has 1 amide bonds. The first kappa shape index (κ1) is 22.6. The highest BCUT2D eigenvalue weighted by Crippen LogP contribution is 2.45. The van der Waals surface area contributed by atoms with Gasteiger partial charge in [-0.05, 0) is 55.7 Å². The Labute approximate surface area is 204 Å². The van der Waals surface area contributed by atoms with E-state index in [2.05, 4.69) is 41.4 Å². The SMILES string of the molecule is CCOC(=O)c1ccc(N2C(=O)c3[nH]nc(-c4ccc(C)cc4)c3[C@H]2c2ccc(CC)cc2)cc1. The van der Waals surface area contributed by atoms with Crippen molar-refractivity contribution in [2.24, 2.45) is 0 Å². The summed E-state index contributed by atoms with van der Waals surface area (Å²) in [5, 5.41) is 7.55. The van der Waals surface area contributed by atoms with Crippen molar-refractivity contribution in [1.82, 2.24) is 10.2 Å². The number of nitrogens with one attached hydrogen (secondary N) is 1. The zero-order valence-electron chi connectivity index (χ0n) is 20.0. The van der Waals surface area contributed by atoms with E-state index in [1.807, 2.05) is 31.2 Å². The molecule has 0 saturated carbocycles. The lowest BCUT2D eigenvalue weighted by Gasteiger charge is -2.27. The number of hydrogen-bond acceptors (Lipinski definition) is 4. The molecule has 1 atom stereocenters. The predicted molar refractivity (Wildman–Crippen MR) is 136 cm³/mol. The van der Waals surface area contributed by atoms with Crippen molar-refractivity contribution < 1.29 is 14.3 Å². The number of ether oxygens (including phenoxy) is 1. The maximum Gasteiger partial charge on any atom is 0.338 e.